The summed E-state index contributed by atoms with van der Waals surface area (Å²) in [5, 5.41) is 9.63. The van der Waals surface area contributed by atoms with Crippen LogP contribution in [0.3, 0.4) is 0 Å². The van der Waals surface area contributed by atoms with Crippen molar-refractivity contribution in [3.63, 3.8) is 0 Å². The molecule has 8 heteroatoms. The molecule has 58 heavy (non-hydrogen) atoms. The molecular weight excluding hydrogens is 727 g/mol. The van der Waals surface area contributed by atoms with Gasteiger partial charge in [-0.3, -0.25) is 9.59 Å². The van der Waals surface area contributed by atoms with Crippen LogP contribution in [0.1, 0.15) is 213 Å². The zero-order valence-corrected chi connectivity index (χ0v) is 38.5. The number of aliphatic carboxylic acids is 1. The van der Waals surface area contributed by atoms with Gasteiger partial charge in [-0.05, 0) is 32.1 Å². The van der Waals surface area contributed by atoms with E-state index in [0.29, 0.717) is 19.3 Å². The lowest BCUT2D eigenvalue weighted by Crippen LogP contribution is -2.50. The topological polar surface area (TPSA) is 99.1 Å². The molecule has 0 aromatic carbocycles. The van der Waals surface area contributed by atoms with Gasteiger partial charge in [0.1, 0.15) is 6.61 Å². The predicted molar refractivity (Wildman–Crippen MR) is 243 cm³/mol. The minimum absolute atomic E-state index is 0.0544. The summed E-state index contributed by atoms with van der Waals surface area (Å²) in [5.74, 6) is -1.47. The molecule has 0 bridgehead atoms. The number of carbonyl (C=O) groups is 3. The monoisotopic (exact) mass is 819 g/mol. The largest absolute Gasteiger partial charge is 0.477 e. The van der Waals surface area contributed by atoms with Crippen molar-refractivity contribution in [2.24, 2.45) is 0 Å². The van der Waals surface area contributed by atoms with Crippen molar-refractivity contribution < 1.29 is 38.2 Å². The molecule has 0 spiro atoms. The van der Waals surface area contributed by atoms with Crippen LogP contribution in [0.5, 0.6) is 0 Å². The first-order valence-electron chi connectivity index (χ1n) is 24.1. The van der Waals surface area contributed by atoms with Gasteiger partial charge < -0.3 is 23.8 Å². The Labute approximate surface area is 357 Å². The molecule has 0 rings (SSSR count). The summed E-state index contributed by atoms with van der Waals surface area (Å²) in [6.07, 6.45) is 47.6. The summed E-state index contributed by atoms with van der Waals surface area (Å²) in [7, 11) is 5.53. The third-order valence-corrected chi connectivity index (χ3v) is 10.9. The Kier molecular flexibility index (Phi) is 39.5. The molecule has 8 nitrogen and oxygen atoms in total. The second kappa shape index (κ2) is 41.3. The van der Waals surface area contributed by atoms with E-state index in [2.05, 4.69) is 50.3 Å². The molecule has 0 aliphatic rings. The standard InChI is InChI=1S/C50H91NO7/c1-6-8-10-12-14-16-18-20-22-23-24-25-27-29-31-33-35-37-39-41-49(53)58-46(44-56-43-42-47(50(54)55)51(3,4)5)45-57-48(52)40-38-36-34-32-30-28-26-21-19-17-15-13-11-9-7-2/h9,11,13,15,17,19,46-47H,6-8,10,12,14,16,18,20-45H2,1-5H3/p+1/b11-9+,15-13+,19-17+. The van der Waals surface area contributed by atoms with Crippen LogP contribution in [0, 0.1) is 0 Å². The summed E-state index contributed by atoms with van der Waals surface area (Å²) >= 11 is 0. The Morgan fingerprint density at radius 3 is 1.41 bits per heavy atom. The second-order valence-corrected chi connectivity index (χ2v) is 17.4. The van der Waals surface area contributed by atoms with Gasteiger partial charge in [0.15, 0.2) is 12.1 Å². The average molecular weight is 819 g/mol. The van der Waals surface area contributed by atoms with Crippen molar-refractivity contribution in [3.05, 3.63) is 36.5 Å². The molecule has 0 fully saturated rings. The maximum Gasteiger partial charge on any atom is 0.362 e. The molecule has 0 aromatic heterocycles. The molecule has 0 aromatic rings. The van der Waals surface area contributed by atoms with E-state index >= 15 is 0 Å². The molecular formula is C50H92NO7+. The van der Waals surface area contributed by atoms with E-state index in [4.69, 9.17) is 14.2 Å². The SMILES string of the molecule is CC/C=C/C=C/C=C/CCCCCCCCCC(=O)OCC(COCCC(C(=O)O)[N+](C)(C)C)OC(=O)CCCCCCCCCCCCCCCCCCCCC. The van der Waals surface area contributed by atoms with Crippen LogP contribution >= 0.6 is 0 Å². The van der Waals surface area contributed by atoms with E-state index < -0.39 is 18.1 Å². The van der Waals surface area contributed by atoms with Crippen molar-refractivity contribution in [2.75, 3.05) is 41.0 Å². The highest BCUT2D eigenvalue weighted by molar-refractivity contribution is 5.72. The molecule has 338 valence electrons. The maximum absolute atomic E-state index is 12.8. The summed E-state index contributed by atoms with van der Waals surface area (Å²) in [5.41, 5.74) is 0. The highest BCUT2D eigenvalue weighted by atomic mass is 16.6. The van der Waals surface area contributed by atoms with Crippen LogP contribution in [0.2, 0.25) is 0 Å². The van der Waals surface area contributed by atoms with Crippen molar-refractivity contribution in [3.8, 4) is 0 Å². The quantitative estimate of drug-likeness (QED) is 0.0283. The Morgan fingerprint density at radius 1 is 0.534 bits per heavy atom. The van der Waals surface area contributed by atoms with Gasteiger partial charge in [0.2, 0.25) is 0 Å². The number of carboxylic acids is 1. The van der Waals surface area contributed by atoms with Crippen LogP contribution in [-0.4, -0.2) is 80.6 Å². The number of likely N-dealkylation sites (N-methyl/N-ethyl adjacent to an activating group) is 1. The maximum atomic E-state index is 12.8. The Bertz CT molecular complexity index is 1050. The first kappa shape index (κ1) is 55.5. The number of rotatable bonds is 43. The lowest BCUT2D eigenvalue weighted by atomic mass is 10.0. The van der Waals surface area contributed by atoms with E-state index in [1.54, 1.807) is 0 Å². The molecule has 2 atom stereocenters. The van der Waals surface area contributed by atoms with Crippen LogP contribution in [0.25, 0.3) is 0 Å². The first-order valence-corrected chi connectivity index (χ1v) is 24.1. The molecule has 0 amide bonds. The molecule has 1 N–H and O–H groups in total. The van der Waals surface area contributed by atoms with Gasteiger partial charge >= 0.3 is 17.9 Å². The number of carbonyl (C=O) groups excluding carboxylic acids is 2. The summed E-state index contributed by atoms with van der Waals surface area (Å²) in [4.78, 5) is 37.1. The number of quaternary nitrogens is 1. The van der Waals surface area contributed by atoms with Crippen molar-refractivity contribution in [1.82, 2.24) is 0 Å². The van der Waals surface area contributed by atoms with Crippen molar-refractivity contribution in [1.29, 1.82) is 0 Å². The average Bonchev–Trinajstić information content (AvgIpc) is 3.18. The molecule has 0 radical (unpaired) electrons. The predicted octanol–water partition coefficient (Wildman–Crippen LogP) is 13.4. The second-order valence-electron chi connectivity index (χ2n) is 17.4. The van der Waals surface area contributed by atoms with E-state index in [9.17, 15) is 19.5 Å². The van der Waals surface area contributed by atoms with E-state index in [-0.39, 0.29) is 36.2 Å². The number of hydrogen-bond acceptors (Lipinski definition) is 6. The van der Waals surface area contributed by atoms with Gasteiger partial charge in [-0.1, -0.05) is 198 Å². The minimum Gasteiger partial charge on any atom is -0.477 e. The van der Waals surface area contributed by atoms with Gasteiger partial charge in [0.25, 0.3) is 0 Å². The molecule has 0 heterocycles. The third kappa shape index (κ3) is 39.0. The fraction of sp³-hybridized carbons (Fsp3) is 0.820. The number of allylic oxidation sites excluding steroid dienone is 6. The normalized spacial score (nSPS) is 13.2. The lowest BCUT2D eigenvalue weighted by molar-refractivity contribution is -0.887. The van der Waals surface area contributed by atoms with Crippen LogP contribution in [0.15, 0.2) is 36.5 Å². The fourth-order valence-electron chi connectivity index (χ4n) is 7.15. The fourth-order valence-corrected chi connectivity index (χ4v) is 7.15. The number of esters is 2. The molecule has 2 unspecified atom stereocenters. The van der Waals surface area contributed by atoms with Crippen molar-refractivity contribution in [2.45, 2.75) is 225 Å². The Balaban J connectivity index is 4.26. The smallest absolute Gasteiger partial charge is 0.362 e. The highest BCUT2D eigenvalue weighted by Crippen LogP contribution is 2.16. The zero-order valence-electron chi connectivity index (χ0n) is 38.5. The van der Waals surface area contributed by atoms with Gasteiger partial charge in [-0.15, -0.1) is 0 Å². The lowest BCUT2D eigenvalue weighted by Gasteiger charge is -2.31. The summed E-state index contributed by atoms with van der Waals surface area (Å²) in [6, 6.07) is -0.615. The molecule has 0 aliphatic heterocycles. The number of nitrogens with zero attached hydrogens (tertiary/aromatic N) is 1. The Hall–Kier alpha value is -2.45. The number of unbranched alkanes of at least 4 members (excludes halogenated alkanes) is 25. The van der Waals surface area contributed by atoms with Gasteiger partial charge in [0, 0.05) is 19.3 Å². The number of ether oxygens (including phenoxy) is 3. The van der Waals surface area contributed by atoms with Crippen molar-refractivity contribution >= 4 is 17.9 Å². The van der Waals surface area contributed by atoms with Gasteiger partial charge in [0.05, 0.1) is 34.4 Å². The van der Waals surface area contributed by atoms with Crippen LogP contribution in [0.4, 0.5) is 0 Å². The van der Waals surface area contributed by atoms with E-state index in [1.165, 1.54) is 128 Å². The Morgan fingerprint density at radius 2 is 0.966 bits per heavy atom. The molecule has 0 aliphatic carbocycles. The van der Waals surface area contributed by atoms with Crippen LogP contribution in [-0.2, 0) is 28.6 Å². The van der Waals surface area contributed by atoms with Gasteiger partial charge in [-0.2, -0.15) is 0 Å². The minimum atomic E-state index is -0.875. The molecule has 0 saturated carbocycles. The van der Waals surface area contributed by atoms with Crippen LogP contribution < -0.4 is 0 Å². The first-order chi connectivity index (χ1) is 28.1. The summed E-state index contributed by atoms with van der Waals surface area (Å²) in [6.45, 7) is 4.62. The number of carboxylic acid groups (broad SMARTS) is 1. The summed E-state index contributed by atoms with van der Waals surface area (Å²) < 4.78 is 17.3. The number of hydrogen-bond donors (Lipinski definition) is 1. The van der Waals surface area contributed by atoms with Gasteiger partial charge in [-0.25, -0.2) is 4.79 Å². The molecule has 0 saturated heterocycles. The third-order valence-electron chi connectivity index (χ3n) is 10.9. The highest BCUT2D eigenvalue weighted by Gasteiger charge is 2.31. The van der Waals surface area contributed by atoms with E-state index in [0.717, 1.165) is 51.4 Å². The van der Waals surface area contributed by atoms with E-state index in [1.807, 2.05) is 21.1 Å². The zero-order chi connectivity index (χ0) is 42.8.